The maximum absolute atomic E-state index is 11.8. The van der Waals surface area contributed by atoms with Crippen LogP contribution < -0.4 is 0 Å². The second-order valence-electron chi connectivity index (χ2n) is 3.57. The summed E-state index contributed by atoms with van der Waals surface area (Å²) in [5, 5.41) is 2.09. The molecule has 1 unspecified atom stereocenters. The number of hydrogen-bond acceptors (Lipinski definition) is 4. The van der Waals surface area contributed by atoms with Gasteiger partial charge in [0.05, 0.1) is 0 Å². The highest BCUT2D eigenvalue weighted by Gasteiger charge is 2.29. The number of rotatable bonds is 3. The van der Waals surface area contributed by atoms with Crippen molar-refractivity contribution in [3.63, 3.8) is 0 Å². The van der Waals surface area contributed by atoms with Crippen molar-refractivity contribution in [2.75, 3.05) is 12.3 Å². The quantitative estimate of drug-likeness (QED) is 0.753. The van der Waals surface area contributed by atoms with E-state index in [9.17, 15) is 9.70 Å². The summed E-state index contributed by atoms with van der Waals surface area (Å²) in [6, 6.07) is 9.76. The lowest BCUT2D eigenvalue weighted by molar-refractivity contribution is -0.131. The molecule has 4 nitrogen and oxygen atoms in total. The Balaban J connectivity index is 2.04. The van der Waals surface area contributed by atoms with Crippen LogP contribution >= 0.6 is 11.8 Å². The fourth-order valence-electron chi connectivity index (χ4n) is 1.65. The van der Waals surface area contributed by atoms with Crippen LogP contribution in [0.2, 0.25) is 0 Å². The zero-order valence-electron chi connectivity index (χ0n) is 8.70. The highest BCUT2D eigenvalue weighted by molar-refractivity contribution is 8.00. The molecule has 1 aromatic carbocycles. The predicted octanol–water partition coefficient (Wildman–Crippen LogP) is 1.85. The van der Waals surface area contributed by atoms with Crippen LogP contribution in [0.3, 0.4) is 0 Å². The van der Waals surface area contributed by atoms with E-state index in [0.29, 0.717) is 13.1 Å². The van der Waals surface area contributed by atoms with Gasteiger partial charge in [-0.15, -0.1) is 16.7 Å². The van der Waals surface area contributed by atoms with Crippen LogP contribution in [0.15, 0.2) is 35.5 Å². The third kappa shape index (κ3) is 2.41. The number of benzene rings is 1. The average molecular weight is 236 g/mol. The van der Waals surface area contributed by atoms with Crippen molar-refractivity contribution in [2.24, 2.45) is 5.18 Å². The normalized spacial score (nSPS) is 20.9. The Bertz CT molecular complexity index is 383. The molecular formula is C11H12N2O2S. The summed E-state index contributed by atoms with van der Waals surface area (Å²) in [6.07, 6.45) is 0. The smallest absolute Gasteiger partial charge is 0.261 e. The molecule has 0 aliphatic carbocycles. The second kappa shape index (κ2) is 5.12. The van der Waals surface area contributed by atoms with Gasteiger partial charge in [-0.2, -0.15) is 0 Å². The van der Waals surface area contributed by atoms with Gasteiger partial charge in [0.1, 0.15) is 0 Å². The van der Waals surface area contributed by atoms with Crippen molar-refractivity contribution in [3.8, 4) is 0 Å². The second-order valence-corrected chi connectivity index (χ2v) is 4.76. The maximum Gasteiger partial charge on any atom is 0.261 e. The first kappa shape index (κ1) is 11.1. The van der Waals surface area contributed by atoms with Gasteiger partial charge in [-0.3, -0.25) is 4.79 Å². The van der Waals surface area contributed by atoms with E-state index < -0.39 is 5.37 Å². The molecular weight excluding hydrogens is 224 g/mol. The van der Waals surface area contributed by atoms with Gasteiger partial charge in [0.25, 0.3) is 5.91 Å². The molecule has 1 aliphatic heterocycles. The molecule has 0 bridgehead atoms. The average Bonchev–Trinajstić information content (AvgIpc) is 2.33. The molecule has 0 N–H and O–H groups in total. The molecule has 1 saturated heterocycles. The van der Waals surface area contributed by atoms with Crippen molar-refractivity contribution in [1.82, 2.24) is 4.90 Å². The number of hydrogen-bond donors (Lipinski definition) is 0. The topological polar surface area (TPSA) is 49.7 Å². The number of nitrogens with zero attached hydrogens (tertiary/aromatic N) is 2. The molecule has 2 rings (SSSR count). The van der Waals surface area contributed by atoms with Crippen LogP contribution in [0.4, 0.5) is 0 Å². The summed E-state index contributed by atoms with van der Waals surface area (Å²) in [6.45, 7) is 1.25. The first-order chi connectivity index (χ1) is 7.81. The summed E-state index contributed by atoms with van der Waals surface area (Å²) in [5.41, 5.74) is 1.08. The van der Waals surface area contributed by atoms with E-state index in [2.05, 4.69) is 5.18 Å². The minimum atomic E-state index is -0.752. The Morgan fingerprint density at radius 1 is 1.38 bits per heavy atom. The lowest BCUT2D eigenvalue weighted by atomic mass is 10.2. The molecule has 5 heteroatoms. The summed E-state index contributed by atoms with van der Waals surface area (Å²) >= 11 is 1.32. The Labute approximate surface area is 98.0 Å². The Morgan fingerprint density at radius 2 is 2.12 bits per heavy atom. The molecule has 1 heterocycles. The standard InChI is InChI=1S/C11H12N2O2S/c14-11-10(12-15)16-7-6-13(11)8-9-4-2-1-3-5-9/h1-5,10H,6-8H2. The lowest BCUT2D eigenvalue weighted by Gasteiger charge is -2.28. The van der Waals surface area contributed by atoms with Gasteiger partial charge in [0.2, 0.25) is 5.37 Å². The largest absolute Gasteiger partial charge is 0.335 e. The van der Waals surface area contributed by atoms with Crippen LogP contribution in [0.1, 0.15) is 5.56 Å². The van der Waals surface area contributed by atoms with Gasteiger partial charge in [0, 0.05) is 18.8 Å². The Morgan fingerprint density at radius 3 is 2.81 bits per heavy atom. The van der Waals surface area contributed by atoms with Crippen LogP contribution in [0.25, 0.3) is 0 Å². The summed E-state index contributed by atoms with van der Waals surface area (Å²) in [4.78, 5) is 23.9. The summed E-state index contributed by atoms with van der Waals surface area (Å²) in [7, 11) is 0. The first-order valence-electron chi connectivity index (χ1n) is 5.08. The van der Waals surface area contributed by atoms with Crippen molar-refractivity contribution >= 4 is 17.7 Å². The minimum Gasteiger partial charge on any atom is -0.335 e. The molecule has 1 aliphatic rings. The molecule has 0 saturated carbocycles. The monoisotopic (exact) mass is 236 g/mol. The van der Waals surface area contributed by atoms with Crippen molar-refractivity contribution in [1.29, 1.82) is 0 Å². The third-order valence-electron chi connectivity index (χ3n) is 2.47. The maximum atomic E-state index is 11.8. The number of nitroso groups, excluding NO2 is 1. The first-order valence-corrected chi connectivity index (χ1v) is 6.13. The molecule has 1 fully saturated rings. The van der Waals surface area contributed by atoms with Gasteiger partial charge >= 0.3 is 0 Å². The third-order valence-corrected chi connectivity index (χ3v) is 3.49. The summed E-state index contributed by atoms with van der Waals surface area (Å²) in [5.74, 6) is 0.602. The number of thioether (sulfide) groups is 1. The molecule has 0 radical (unpaired) electrons. The molecule has 0 aromatic heterocycles. The number of carbonyl (C=O) groups is 1. The van der Waals surface area contributed by atoms with E-state index in [1.54, 1.807) is 4.90 Å². The van der Waals surface area contributed by atoms with E-state index in [1.807, 2.05) is 30.3 Å². The van der Waals surface area contributed by atoms with Crippen LogP contribution in [-0.2, 0) is 11.3 Å². The van der Waals surface area contributed by atoms with Gasteiger partial charge in [-0.25, -0.2) is 0 Å². The van der Waals surface area contributed by atoms with Crippen LogP contribution in [-0.4, -0.2) is 28.5 Å². The highest BCUT2D eigenvalue weighted by atomic mass is 32.2. The lowest BCUT2D eigenvalue weighted by Crippen LogP contribution is -2.42. The molecule has 1 atom stereocenters. The molecule has 16 heavy (non-hydrogen) atoms. The Hall–Kier alpha value is -1.36. The number of amides is 1. The van der Waals surface area contributed by atoms with E-state index >= 15 is 0 Å². The van der Waals surface area contributed by atoms with Crippen molar-refractivity contribution in [3.05, 3.63) is 40.8 Å². The van der Waals surface area contributed by atoms with Crippen LogP contribution in [0, 0.1) is 4.91 Å². The van der Waals surface area contributed by atoms with Gasteiger partial charge < -0.3 is 4.90 Å². The molecule has 1 amide bonds. The minimum absolute atomic E-state index is 0.171. The number of carbonyl (C=O) groups excluding carboxylic acids is 1. The SMILES string of the molecule is O=NC1SCCN(Cc2ccccc2)C1=O. The zero-order chi connectivity index (χ0) is 11.4. The zero-order valence-corrected chi connectivity index (χ0v) is 9.52. The highest BCUT2D eigenvalue weighted by Crippen LogP contribution is 2.22. The predicted molar refractivity (Wildman–Crippen MR) is 63.9 cm³/mol. The van der Waals surface area contributed by atoms with Crippen LogP contribution in [0.5, 0.6) is 0 Å². The van der Waals surface area contributed by atoms with Crippen molar-refractivity contribution < 1.29 is 4.79 Å². The molecule has 84 valence electrons. The van der Waals surface area contributed by atoms with E-state index in [-0.39, 0.29) is 5.91 Å². The fraction of sp³-hybridized carbons (Fsp3) is 0.364. The Kier molecular flexibility index (Phi) is 3.56. The molecule has 0 spiro atoms. The molecule has 1 aromatic rings. The van der Waals surface area contributed by atoms with Gasteiger partial charge in [-0.05, 0) is 10.7 Å². The van der Waals surface area contributed by atoms with E-state index in [4.69, 9.17) is 0 Å². The van der Waals surface area contributed by atoms with Crippen molar-refractivity contribution in [2.45, 2.75) is 11.9 Å². The van der Waals surface area contributed by atoms with Gasteiger partial charge in [0.15, 0.2) is 0 Å². The fourth-order valence-corrected chi connectivity index (χ4v) is 2.55. The van der Waals surface area contributed by atoms with Gasteiger partial charge in [-0.1, -0.05) is 30.3 Å². The van der Waals surface area contributed by atoms with E-state index in [0.717, 1.165) is 11.3 Å². The summed E-state index contributed by atoms with van der Waals surface area (Å²) < 4.78 is 0. The van der Waals surface area contributed by atoms with E-state index in [1.165, 1.54) is 11.8 Å².